The van der Waals surface area contributed by atoms with E-state index in [-0.39, 0.29) is 0 Å². The van der Waals surface area contributed by atoms with Crippen LogP contribution in [0.1, 0.15) is 5.56 Å². The molecule has 0 amide bonds. The van der Waals surface area contributed by atoms with Crippen LogP contribution < -0.4 is 5.30 Å². The molecule has 0 aliphatic heterocycles. The second-order valence-corrected chi connectivity index (χ2v) is 15.3. The van der Waals surface area contributed by atoms with Gasteiger partial charge in [0.1, 0.15) is 0 Å². The molecule has 0 fully saturated rings. The normalized spacial score (nSPS) is 13.3. The summed E-state index contributed by atoms with van der Waals surface area (Å²) in [5.41, 5.74) is 1.20. The van der Waals surface area contributed by atoms with E-state index in [0.29, 0.717) is 6.54 Å². The summed E-state index contributed by atoms with van der Waals surface area (Å²) in [6.45, 7) is 0.646. The molecule has 0 aliphatic carbocycles. The monoisotopic (exact) mass is 433 g/mol. The summed E-state index contributed by atoms with van der Waals surface area (Å²) in [4.78, 5) is 0. The Balaban J connectivity index is 3.72. The Labute approximate surface area is 169 Å². The van der Waals surface area contributed by atoms with Gasteiger partial charge in [-0.2, -0.15) is 4.52 Å². The summed E-state index contributed by atoms with van der Waals surface area (Å²) < 4.78 is 21.9. The summed E-state index contributed by atoms with van der Waals surface area (Å²) in [7, 11) is 19.4. The van der Waals surface area contributed by atoms with Crippen LogP contribution in [0.25, 0.3) is 0 Å². The van der Waals surface area contributed by atoms with E-state index in [0.717, 1.165) is 0 Å². The number of hydrogen-bond donors (Lipinski definition) is 0. The van der Waals surface area contributed by atoms with Gasteiger partial charge in [0.05, 0.1) is 6.54 Å². The molecular formula is C17H38N7P3. The Morgan fingerprint density at radius 1 is 0.704 bits per heavy atom. The van der Waals surface area contributed by atoms with E-state index in [1.54, 1.807) is 0 Å². The maximum absolute atomic E-state index is 5.55. The highest BCUT2D eigenvalue weighted by Crippen LogP contribution is 2.68. The molecule has 27 heavy (non-hydrogen) atoms. The maximum Gasteiger partial charge on any atom is 0.213 e. The van der Waals surface area contributed by atoms with Crippen molar-refractivity contribution in [1.29, 1.82) is 0 Å². The van der Waals surface area contributed by atoms with E-state index < -0.39 is 15.0 Å². The van der Waals surface area contributed by atoms with E-state index in [1.165, 1.54) is 10.9 Å². The van der Waals surface area contributed by atoms with E-state index in [2.05, 4.69) is 127 Å². The molecule has 0 saturated carbocycles. The second-order valence-electron chi connectivity index (χ2n) is 7.44. The SMILES string of the molecule is CN(C)P(=NCc1ccc(P)cc1)(N=P(N(C)C)(N(C)C)N(C)C)N(C)C. The van der Waals surface area contributed by atoms with Gasteiger partial charge in [0.15, 0.2) is 7.51 Å². The Bertz CT molecular complexity index is 669. The molecular weight excluding hydrogens is 395 g/mol. The van der Waals surface area contributed by atoms with Gasteiger partial charge in [-0.15, -0.1) is 9.24 Å². The van der Waals surface area contributed by atoms with Crippen LogP contribution in [-0.2, 0) is 6.54 Å². The summed E-state index contributed by atoms with van der Waals surface area (Å²) in [5.74, 6) is 0. The lowest BCUT2D eigenvalue weighted by atomic mass is 10.2. The fraction of sp³-hybridized carbons (Fsp3) is 0.647. The minimum absolute atomic E-state index is 0.646. The Hall–Kier alpha value is -0.0900. The molecule has 156 valence electrons. The number of rotatable bonds is 8. The van der Waals surface area contributed by atoms with Gasteiger partial charge in [0.25, 0.3) is 0 Å². The number of hydrogen-bond acceptors (Lipinski definition) is 1. The van der Waals surface area contributed by atoms with Crippen molar-refractivity contribution in [2.24, 2.45) is 9.26 Å². The van der Waals surface area contributed by atoms with Gasteiger partial charge in [-0.05, 0) is 81.3 Å². The topological polar surface area (TPSA) is 40.9 Å². The highest BCUT2D eigenvalue weighted by molar-refractivity contribution is 7.71. The second kappa shape index (κ2) is 10.1. The molecule has 0 aromatic heterocycles. The quantitative estimate of drug-likeness (QED) is 0.588. The molecule has 7 nitrogen and oxygen atoms in total. The van der Waals surface area contributed by atoms with Gasteiger partial charge < -0.3 is 0 Å². The van der Waals surface area contributed by atoms with Crippen LogP contribution in [0.3, 0.4) is 0 Å². The van der Waals surface area contributed by atoms with Crippen molar-refractivity contribution in [2.45, 2.75) is 6.54 Å². The average Bonchev–Trinajstić information content (AvgIpc) is 2.55. The van der Waals surface area contributed by atoms with Crippen molar-refractivity contribution >= 4 is 29.6 Å². The smallest absolute Gasteiger partial charge is 0.213 e. The Morgan fingerprint density at radius 2 is 1.11 bits per heavy atom. The first-order valence-electron chi connectivity index (χ1n) is 8.85. The highest BCUT2D eigenvalue weighted by Gasteiger charge is 2.35. The summed E-state index contributed by atoms with van der Waals surface area (Å²) in [5, 5.41) is 1.18. The molecule has 1 aromatic rings. The third-order valence-corrected chi connectivity index (χ3v) is 12.5. The zero-order chi connectivity index (χ0) is 21.0. The first kappa shape index (κ1) is 24.9. The molecule has 0 N–H and O–H groups in total. The fourth-order valence-corrected chi connectivity index (χ4v) is 11.7. The third kappa shape index (κ3) is 5.50. The van der Waals surface area contributed by atoms with Gasteiger partial charge >= 0.3 is 0 Å². The maximum atomic E-state index is 5.55. The largest absolute Gasteiger partial charge is 0.252 e. The van der Waals surface area contributed by atoms with Crippen LogP contribution in [-0.4, -0.2) is 93.8 Å². The third-order valence-electron chi connectivity index (χ3n) is 4.35. The minimum atomic E-state index is -2.26. The van der Waals surface area contributed by atoms with Crippen LogP contribution in [0.5, 0.6) is 0 Å². The van der Waals surface area contributed by atoms with Crippen LogP contribution in [0.2, 0.25) is 0 Å². The molecule has 0 aliphatic rings. The van der Waals surface area contributed by atoms with Crippen molar-refractivity contribution in [3.05, 3.63) is 29.8 Å². The van der Waals surface area contributed by atoms with Crippen molar-refractivity contribution < 1.29 is 0 Å². The Morgan fingerprint density at radius 3 is 1.44 bits per heavy atom. The van der Waals surface area contributed by atoms with Gasteiger partial charge in [-0.1, -0.05) is 24.3 Å². The standard InChI is InChI=1S/C17H38N7P3/c1-20(2)26(21(3)4,18-15-16-11-13-17(25)14-12-16)19-27(22(5)6,23(7)8)24(9)10/h11-14H,15,25H2,1-10H3. The van der Waals surface area contributed by atoms with Gasteiger partial charge in [0, 0.05) is 0 Å². The van der Waals surface area contributed by atoms with E-state index in [4.69, 9.17) is 9.26 Å². The molecule has 0 heterocycles. The molecule has 1 rings (SSSR count). The van der Waals surface area contributed by atoms with Crippen molar-refractivity contribution in [2.75, 3.05) is 70.5 Å². The lowest BCUT2D eigenvalue weighted by molar-refractivity contribution is 0.472. The van der Waals surface area contributed by atoms with Gasteiger partial charge in [0.2, 0.25) is 7.51 Å². The first-order valence-corrected chi connectivity index (χ1v) is 12.6. The zero-order valence-electron chi connectivity index (χ0n) is 18.6. The summed E-state index contributed by atoms with van der Waals surface area (Å²) in [6.07, 6.45) is 0. The Kier molecular flexibility index (Phi) is 9.33. The van der Waals surface area contributed by atoms with Crippen molar-refractivity contribution in [3.63, 3.8) is 0 Å². The lowest BCUT2D eigenvalue weighted by Gasteiger charge is -2.44. The molecule has 1 aromatic carbocycles. The average molecular weight is 433 g/mol. The predicted octanol–water partition coefficient (Wildman–Crippen LogP) is 3.39. The van der Waals surface area contributed by atoms with E-state index >= 15 is 0 Å². The molecule has 0 spiro atoms. The van der Waals surface area contributed by atoms with Crippen LogP contribution in [0, 0.1) is 0 Å². The highest BCUT2D eigenvalue weighted by atomic mass is 31.2. The lowest BCUT2D eigenvalue weighted by Crippen LogP contribution is -2.32. The molecule has 0 saturated heterocycles. The summed E-state index contributed by atoms with van der Waals surface area (Å²) >= 11 is 0. The molecule has 1 unspecified atom stereocenters. The number of benzene rings is 1. The minimum Gasteiger partial charge on any atom is -0.252 e. The van der Waals surface area contributed by atoms with E-state index in [9.17, 15) is 0 Å². The number of nitrogens with zero attached hydrogens (tertiary/aromatic N) is 7. The summed E-state index contributed by atoms with van der Waals surface area (Å²) in [6, 6.07) is 8.49. The molecule has 0 bridgehead atoms. The van der Waals surface area contributed by atoms with E-state index in [1.807, 2.05) is 0 Å². The molecule has 10 heteroatoms. The molecule has 1 atom stereocenters. The first-order chi connectivity index (χ1) is 12.4. The zero-order valence-corrected chi connectivity index (χ0v) is 21.6. The fourth-order valence-electron chi connectivity index (χ4n) is 3.07. The van der Waals surface area contributed by atoms with Gasteiger partial charge in [-0.3, -0.25) is 14.0 Å². The van der Waals surface area contributed by atoms with Crippen molar-refractivity contribution in [3.8, 4) is 0 Å². The van der Waals surface area contributed by atoms with Crippen molar-refractivity contribution in [1.82, 2.24) is 23.4 Å². The van der Waals surface area contributed by atoms with Crippen LogP contribution in [0.15, 0.2) is 33.5 Å². The van der Waals surface area contributed by atoms with Crippen LogP contribution in [0.4, 0.5) is 0 Å². The van der Waals surface area contributed by atoms with Gasteiger partial charge in [-0.25, -0.2) is 14.1 Å². The molecule has 0 radical (unpaired) electrons. The predicted molar refractivity (Wildman–Crippen MR) is 127 cm³/mol. The van der Waals surface area contributed by atoms with Crippen LogP contribution >= 0.6 is 24.3 Å².